The number of hydrogen-bond donors (Lipinski definition) is 4. The summed E-state index contributed by atoms with van der Waals surface area (Å²) in [5.41, 5.74) is 5.73. The molecule has 3 rings (SSSR count). The second-order valence-corrected chi connectivity index (χ2v) is 7.97. The van der Waals surface area contributed by atoms with Crippen molar-refractivity contribution in [2.24, 2.45) is 5.73 Å². The molecule has 0 aliphatic carbocycles. The zero-order valence-corrected chi connectivity index (χ0v) is 20.2. The average Bonchev–Trinajstić information content (AvgIpc) is 3.33. The highest BCUT2D eigenvalue weighted by atomic mass is 19.4. The number of carboxylic acid groups (broad SMARTS) is 1. The largest absolute Gasteiger partial charge is 0.490 e. The molecule has 9 nitrogen and oxygen atoms in total. The fourth-order valence-corrected chi connectivity index (χ4v) is 2.90. The van der Waals surface area contributed by atoms with Gasteiger partial charge < -0.3 is 21.5 Å². The first-order valence-electron chi connectivity index (χ1n) is 11.0. The van der Waals surface area contributed by atoms with Gasteiger partial charge in [-0.2, -0.15) is 31.4 Å². The smallest absolute Gasteiger partial charge is 0.475 e. The van der Waals surface area contributed by atoms with Gasteiger partial charge in [0.2, 0.25) is 5.91 Å². The van der Waals surface area contributed by atoms with Crippen molar-refractivity contribution in [3.8, 4) is 5.69 Å². The average molecular weight is 559 g/mol. The molecule has 1 atom stereocenters. The zero-order chi connectivity index (χ0) is 29.4. The molecule has 3 aromatic rings. The molecule has 0 spiro atoms. The van der Waals surface area contributed by atoms with E-state index >= 15 is 0 Å². The van der Waals surface area contributed by atoms with Gasteiger partial charge in [0.15, 0.2) is 5.69 Å². The van der Waals surface area contributed by atoms with E-state index in [4.69, 9.17) is 15.6 Å². The number of nitrogens with zero attached hydrogens (tertiary/aromatic N) is 2. The summed E-state index contributed by atoms with van der Waals surface area (Å²) in [7, 11) is 0. The van der Waals surface area contributed by atoms with Crippen molar-refractivity contribution < 1.29 is 45.8 Å². The maximum atomic E-state index is 13.3. The van der Waals surface area contributed by atoms with E-state index in [1.54, 1.807) is 42.5 Å². The molecule has 210 valence electrons. The minimum absolute atomic E-state index is 0.122. The van der Waals surface area contributed by atoms with Gasteiger partial charge in [-0.05, 0) is 30.2 Å². The fraction of sp³-hybridized carbons (Fsp3) is 0.250. The lowest BCUT2D eigenvalue weighted by Gasteiger charge is -2.11. The van der Waals surface area contributed by atoms with E-state index in [1.807, 2.05) is 6.07 Å². The van der Waals surface area contributed by atoms with Crippen molar-refractivity contribution in [1.82, 2.24) is 20.4 Å². The molecule has 2 amide bonds. The van der Waals surface area contributed by atoms with Crippen LogP contribution in [0, 0.1) is 0 Å². The van der Waals surface area contributed by atoms with Crippen molar-refractivity contribution >= 4 is 17.8 Å². The van der Waals surface area contributed by atoms with Gasteiger partial charge in [-0.3, -0.25) is 9.59 Å². The molecule has 0 aliphatic rings. The van der Waals surface area contributed by atoms with Gasteiger partial charge in [-0.25, -0.2) is 9.48 Å². The first-order valence-corrected chi connectivity index (χ1v) is 11.0. The van der Waals surface area contributed by atoms with Crippen LogP contribution in [0.3, 0.4) is 0 Å². The summed E-state index contributed by atoms with van der Waals surface area (Å²) in [4.78, 5) is 33.3. The van der Waals surface area contributed by atoms with E-state index in [0.29, 0.717) is 11.6 Å². The highest BCUT2D eigenvalue weighted by Gasteiger charge is 2.38. The summed E-state index contributed by atoms with van der Waals surface area (Å²) < 4.78 is 72.6. The van der Waals surface area contributed by atoms with Crippen LogP contribution in [-0.4, -0.2) is 44.9 Å². The Labute approximate surface area is 217 Å². The van der Waals surface area contributed by atoms with E-state index in [-0.39, 0.29) is 30.4 Å². The number of carboxylic acids is 1. The Kier molecular flexibility index (Phi) is 10.2. The second kappa shape index (κ2) is 12.9. The predicted octanol–water partition coefficient (Wildman–Crippen LogP) is 3.42. The van der Waals surface area contributed by atoms with Gasteiger partial charge in [0.05, 0.1) is 11.7 Å². The van der Waals surface area contributed by atoms with Crippen molar-refractivity contribution in [2.45, 2.75) is 38.4 Å². The van der Waals surface area contributed by atoms with Crippen LogP contribution in [0.25, 0.3) is 5.69 Å². The Bertz CT molecular complexity index is 1290. The molecule has 1 aromatic heterocycles. The number of amides is 2. The van der Waals surface area contributed by atoms with Gasteiger partial charge >= 0.3 is 18.3 Å². The number of aromatic nitrogens is 2. The lowest BCUT2D eigenvalue weighted by molar-refractivity contribution is -0.192. The summed E-state index contributed by atoms with van der Waals surface area (Å²) in [5, 5.41) is 16.0. The third kappa shape index (κ3) is 9.45. The Balaban J connectivity index is 0.000000673. The van der Waals surface area contributed by atoms with E-state index in [0.717, 1.165) is 10.2 Å². The van der Waals surface area contributed by atoms with E-state index < -0.39 is 36.0 Å². The quantitative estimate of drug-likeness (QED) is 0.327. The van der Waals surface area contributed by atoms with Gasteiger partial charge in [0.1, 0.15) is 5.69 Å². The molecule has 0 fully saturated rings. The molecule has 15 heteroatoms. The number of carbonyl (C=O) groups excluding carboxylic acids is 2. The summed E-state index contributed by atoms with van der Waals surface area (Å²) in [6, 6.07) is 15.4. The van der Waals surface area contributed by atoms with Gasteiger partial charge in [-0.1, -0.05) is 42.5 Å². The van der Waals surface area contributed by atoms with Crippen LogP contribution in [0.5, 0.6) is 0 Å². The maximum Gasteiger partial charge on any atom is 0.490 e. The lowest BCUT2D eigenvalue weighted by Crippen LogP contribution is -2.37. The summed E-state index contributed by atoms with van der Waals surface area (Å²) in [6.07, 6.45) is -9.80. The van der Waals surface area contributed by atoms with Crippen LogP contribution < -0.4 is 16.4 Å². The Hall–Kier alpha value is -4.40. The number of benzene rings is 2. The fourth-order valence-electron chi connectivity index (χ4n) is 2.90. The predicted molar refractivity (Wildman–Crippen MR) is 125 cm³/mol. The van der Waals surface area contributed by atoms with E-state index in [9.17, 15) is 35.9 Å². The molecule has 5 N–H and O–H groups in total. The molecule has 1 heterocycles. The van der Waals surface area contributed by atoms with Crippen LogP contribution in [-0.2, 0) is 28.9 Å². The van der Waals surface area contributed by atoms with Gasteiger partial charge in [0, 0.05) is 19.2 Å². The summed E-state index contributed by atoms with van der Waals surface area (Å²) in [5.74, 6) is -3.82. The van der Waals surface area contributed by atoms with Crippen molar-refractivity contribution in [3.63, 3.8) is 0 Å². The summed E-state index contributed by atoms with van der Waals surface area (Å²) >= 11 is 0. The molecule has 0 saturated carbocycles. The Morgan fingerprint density at radius 1 is 0.923 bits per heavy atom. The molecular weight excluding hydrogens is 536 g/mol. The third-order valence-electron chi connectivity index (χ3n) is 4.81. The first kappa shape index (κ1) is 30.8. The van der Waals surface area contributed by atoms with E-state index in [2.05, 4.69) is 15.7 Å². The topological polar surface area (TPSA) is 139 Å². The Morgan fingerprint density at radius 3 is 2.03 bits per heavy atom. The van der Waals surface area contributed by atoms with Gasteiger partial charge in [0.25, 0.3) is 5.91 Å². The number of rotatable bonds is 7. The molecule has 0 saturated heterocycles. The number of halogens is 6. The standard InChI is InChI=1S/C22H22F3N5O2.C2HF3O2/c1-14(26)20(31)27-13-16-8-5-9-17(10-16)30-18(11-19(29-30)22(23,24)25)21(32)28-12-15-6-3-2-4-7-15;3-2(4,5)1(6)7/h2-11,14H,12-13,26H2,1H3,(H,27,31)(H,28,32);(H,6,7). The SMILES string of the molecule is CC(N)C(=O)NCc1cccc(-n2nc(C(F)(F)F)cc2C(=O)NCc2ccccc2)c1.O=C(O)C(F)(F)F. The molecule has 0 aliphatic heterocycles. The van der Waals surface area contributed by atoms with Crippen molar-refractivity contribution in [1.29, 1.82) is 0 Å². The normalized spacial score (nSPS) is 12.1. The first-order chi connectivity index (χ1) is 18.1. The highest BCUT2D eigenvalue weighted by molar-refractivity contribution is 5.93. The molecule has 1 unspecified atom stereocenters. The van der Waals surface area contributed by atoms with Crippen LogP contribution in [0.4, 0.5) is 26.3 Å². The number of nitrogens with two attached hydrogens (primary N) is 1. The highest BCUT2D eigenvalue weighted by Crippen LogP contribution is 2.29. The minimum atomic E-state index is -5.08. The minimum Gasteiger partial charge on any atom is -0.475 e. The van der Waals surface area contributed by atoms with Crippen LogP contribution in [0.15, 0.2) is 60.7 Å². The monoisotopic (exact) mass is 559 g/mol. The van der Waals surface area contributed by atoms with Crippen molar-refractivity contribution in [3.05, 3.63) is 83.2 Å². The zero-order valence-electron chi connectivity index (χ0n) is 20.2. The maximum absolute atomic E-state index is 13.3. The number of alkyl halides is 6. The van der Waals surface area contributed by atoms with Crippen molar-refractivity contribution in [2.75, 3.05) is 0 Å². The molecule has 39 heavy (non-hydrogen) atoms. The molecule has 0 radical (unpaired) electrons. The second-order valence-electron chi connectivity index (χ2n) is 7.97. The molecular formula is C24H23F6N5O4. The number of aliphatic carboxylic acids is 1. The third-order valence-corrected chi connectivity index (χ3v) is 4.81. The Morgan fingerprint density at radius 2 is 1.49 bits per heavy atom. The lowest BCUT2D eigenvalue weighted by atomic mass is 10.2. The van der Waals surface area contributed by atoms with Gasteiger partial charge in [-0.15, -0.1) is 0 Å². The molecule has 0 bridgehead atoms. The van der Waals surface area contributed by atoms with Crippen LogP contribution >= 0.6 is 0 Å². The number of hydrogen-bond acceptors (Lipinski definition) is 5. The number of carbonyl (C=O) groups is 3. The van der Waals surface area contributed by atoms with Crippen LogP contribution in [0.1, 0.15) is 34.2 Å². The van der Waals surface area contributed by atoms with Crippen LogP contribution in [0.2, 0.25) is 0 Å². The van der Waals surface area contributed by atoms with E-state index in [1.165, 1.54) is 13.0 Å². The molecule has 2 aromatic carbocycles. The summed E-state index contributed by atoms with van der Waals surface area (Å²) in [6.45, 7) is 1.81. The number of nitrogens with one attached hydrogen (secondary N) is 2.